The summed E-state index contributed by atoms with van der Waals surface area (Å²) in [6.07, 6.45) is 6.60. The van der Waals surface area contributed by atoms with Crippen LogP contribution in [-0.4, -0.2) is 73.6 Å². The van der Waals surface area contributed by atoms with Gasteiger partial charge in [0.2, 0.25) is 0 Å². The molecule has 0 amide bonds. The van der Waals surface area contributed by atoms with Crippen LogP contribution in [-0.2, 0) is 0 Å². The largest absolute Gasteiger partial charge is 0.301 e. The molecule has 0 radical (unpaired) electrons. The molecule has 1 fully saturated rings. The maximum Gasteiger partial charge on any atom is 0.0110 e. The summed E-state index contributed by atoms with van der Waals surface area (Å²) >= 11 is 0. The molecule has 1 saturated heterocycles. The van der Waals surface area contributed by atoms with Crippen LogP contribution in [0, 0.1) is 35.5 Å². The van der Waals surface area contributed by atoms with Gasteiger partial charge in [0.15, 0.2) is 0 Å². The van der Waals surface area contributed by atoms with Crippen LogP contribution in [0.4, 0.5) is 0 Å². The first-order chi connectivity index (χ1) is 13.3. The van der Waals surface area contributed by atoms with Crippen molar-refractivity contribution >= 4 is 0 Å². The maximum absolute atomic E-state index is 3.20. The first-order valence-corrected chi connectivity index (χ1v) is 10.7. The van der Waals surface area contributed by atoms with Crippen molar-refractivity contribution < 1.29 is 0 Å². The van der Waals surface area contributed by atoms with Gasteiger partial charge in [-0.15, -0.1) is 35.5 Å². The molecule has 27 heavy (non-hydrogen) atoms. The Hall–Kier alpha value is -1.44. The number of nitrogens with zero attached hydrogens (tertiary/aromatic N) is 3. The molecular formula is C24H39N3. The number of unbranched alkanes of at least 4 members (excludes halogenated alkanes) is 3. The van der Waals surface area contributed by atoms with Crippen LogP contribution < -0.4 is 0 Å². The van der Waals surface area contributed by atoms with E-state index < -0.39 is 0 Å². The lowest BCUT2D eigenvalue weighted by Gasteiger charge is -2.25. The van der Waals surface area contributed by atoms with Crippen LogP contribution in [0.2, 0.25) is 0 Å². The Morgan fingerprint density at radius 3 is 0.963 bits per heavy atom. The molecule has 0 aliphatic carbocycles. The van der Waals surface area contributed by atoms with Crippen LogP contribution in [0.15, 0.2) is 0 Å². The minimum Gasteiger partial charge on any atom is -0.301 e. The minimum atomic E-state index is 1.02. The molecule has 1 aliphatic heterocycles. The van der Waals surface area contributed by atoms with Crippen LogP contribution in [0.5, 0.6) is 0 Å². The molecule has 3 heteroatoms. The quantitative estimate of drug-likeness (QED) is 0.456. The molecule has 1 rings (SSSR count). The van der Waals surface area contributed by atoms with Gasteiger partial charge >= 0.3 is 0 Å². The Balaban J connectivity index is 2.54. The van der Waals surface area contributed by atoms with Gasteiger partial charge in [0, 0.05) is 58.5 Å². The second kappa shape index (κ2) is 16.7. The Morgan fingerprint density at radius 2 is 0.741 bits per heavy atom. The zero-order chi connectivity index (χ0) is 19.6. The molecule has 0 spiro atoms. The molecule has 0 aromatic rings. The molecule has 0 bridgehead atoms. The smallest absolute Gasteiger partial charge is 0.0110 e. The molecule has 0 atom stereocenters. The fraction of sp³-hybridized carbons (Fsp3) is 0.750. The topological polar surface area (TPSA) is 9.72 Å². The fourth-order valence-corrected chi connectivity index (χ4v) is 3.40. The van der Waals surface area contributed by atoms with E-state index in [2.05, 4.69) is 50.2 Å². The lowest BCUT2D eigenvalue weighted by molar-refractivity contribution is 0.217. The van der Waals surface area contributed by atoms with E-state index in [1.165, 1.54) is 78.2 Å². The van der Waals surface area contributed by atoms with E-state index >= 15 is 0 Å². The van der Waals surface area contributed by atoms with Crippen LogP contribution in [0.25, 0.3) is 0 Å². The molecule has 1 aliphatic rings. The van der Waals surface area contributed by atoms with Gasteiger partial charge in [0.1, 0.15) is 0 Å². The third-order valence-electron chi connectivity index (χ3n) is 5.06. The van der Waals surface area contributed by atoms with Crippen molar-refractivity contribution in [3.8, 4) is 35.5 Å². The fourth-order valence-electron chi connectivity index (χ4n) is 3.40. The summed E-state index contributed by atoms with van der Waals surface area (Å²) in [5, 5.41) is 0. The molecule has 150 valence electrons. The summed E-state index contributed by atoms with van der Waals surface area (Å²) in [5.41, 5.74) is 0. The number of rotatable bonds is 9. The first-order valence-electron chi connectivity index (χ1n) is 10.7. The Kier molecular flexibility index (Phi) is 14.6. The van der Waals surface area contributed by atoms with Crippen molar-refractivity contribution in [2.24, 2.45) is 0 Å². The van der Waals surface area contributed by atoms with Crippen molar-refractivity contribution in [1.29, 1.82) is 0 Å². The first kappa shape index (κ1) is 23.6. The molecule has 3 nitrogen and oxygen atoms in total. The average Bonchev–Trinajstić information content (AvgIpc) is 2.77. The van der Waals surface area contributed by atoms with Crippen molar-refractivity contribution in [2.45, 2.75) is 59.3 Å². The van der Waals surface area contributed by atoms with Crippen LogP contribution in [0.3, 0.4) is 0 Å². The highest BCUT2D eigenvalue weighted by atomic mass is 15.3. The minimum absolute atomic E-state index is 1.02. The SMILES string of the molecule is CC#CCCCN1CCN(CCCC#CC)CCN(CCCC#CC)CC1. The second-order valence-electron chi connectivity index (χ2n) is 7.12. The van der Waals surface area contributed by atoms with Crippen molar-refractivity contribution in [3.63, 3.8) is 0 Å². The molecule has 1 heterocycles. The number of hydrogen-bond donors (Lipinski definition) is 0. The Morgan fingerprint density at radius 1 is 0.481 bits per heavy atom. The third kappa shape index (κ3) is 12.5. The summed E-state index contributed by atoms with van der Waals surface area (Å²) in [5.74, 6) is 18.6. The lowest BCUT2D eigenvalue weighted by atomic mass is 10.2. The summed E-state index contributed by atoms with van der Waals surface area (Å²) in [4.78, 5) is 7.92. The van der Waals surface area contributed by atoms with E-state index in [4.69, 9.17) is 0 Å². The predicted molar refractivity (Wildman–Crippen MR) is 117 cm³/mol. The van der Waals surface area contributed by atoms with E-state index in [1.54, 1.807) is 0 Å². The average molecular weight is 370 g/mol. The Bertz CT molecular complexity index is 457. The molecule has 0 aromatic heterocycles. The van der Waals surface area contributed by atoms with Gasteiger partial charge in [0.25, 0.3) is 0 Å². The highest BCUT2D eigenvalue weighted by molar-refractivity contribution is 4.96. The van der Waals surface area contributed by atoms with E-state index in [-0.39, 0.29) is 0 Å². The van der Waals surface area contributed by atoms with E-state index in [0.29, 0.717) is 0 Å². The van der Waals surface area contributed by atoms with Gasteiger partial charge in [-0.25, -0.2) is 0 Å². The van der Waals surface area contributed by atoms with Gasteiger partial charge < -0.3 is 14.7 Å². The summed E-state index contributed by atoms with van der Waals surface area (Å²) < 4.78 is 0. The molecule has 0 unspecified atom stereocenters. The van der Waals surface area contributed by atoms with E-state index in [9.17, 15) is 0 Å². The summed E-state index contributed by atoms with van der Waals surface area (Å²) in [7, 11) is 0. The zero-order valence-electron chi connectivity index (χ0n) is 17.9. The third-order valence-corrected chi connectivity index (χ3v) is 5.06. The highest BCUT2D eigenvalue weighted by Gasteiger charge is 2.15. The van der Waals surface area contributed by atoms with E-state index in [0.717, 1.165) is 19.3 Å². The van der Waals surface area contributed by atoms with Gasteiger partial charge in [-0.1, -0.05) is 0 Å². The van der Waals surface area contributed by atoms with Crippen molar-refractivity contribution in [2.75, 3.05) is 58.9 Å². The second-order valence-corrected chi connectivity index (χ2v) is 7.12. The van der Waals surface area contributed by atoms with Gasteiger partial charge in [0.05, 0.1) is 0 Å². The normalized spacial score (nSPS) is 16.6. The lowest BCUT2D eigenvalue weighted by Crippen LogP contribution is -2.37. The van der Waals surface area contributed by atoms with Crippen LogP contribution in [0.1, 0.15) is 59.3 Å². The van der Waals surface area contributed by atoms with Crippen molar-refractivity contribution in [3.05, 3.63) is 0 Å². The molecule has 0 N–H and O–H groups in total. The summed E-state index contributed by atoms with van der Waals surface area (Å²) in [6.45, 7) is 16.3. The van der Waals surface area contributed by atoms with Gasteiger partial charge in [-0.3, -0.25) is 0 Å². The van der Waals surface area contributed by atoms with E-state index in [1.807, 2.05) is 20.8 Å². The summed E-state index contributed by atoms with van der Waals surface area (Å²) in [6, 6.07) is 0. The van der Waals surface area contributed by atoms with Crippen LogP contribution >= 0.6 is 0 Å². The maximum atomic E-state index is 3.20. The monoisotopic (exact) mass is 369 g/mol. The molecule has 0 saturated carbocycles. The van der Waals surface area contributed by atoms with Gasteiger partial charge in [-0.05, 0) is 59.7 Å². The molecule has 0 aromatic carbocycles. The highest BCUT2D eigenvalue weighted by Crippen LogP contribution is 2.05. The van der Waals surface area contributed by atoms with Gasteiger partial charge in [-0.2, -0.15) is 0 Å². The van der Waals surface area contributed by atoms with Crippen molar-refractivity contribution in [1.82, 2.24) is 14.7 Å². The Labute approximate surface area is 168 Å². The standard InChI is InChI=1S/C24H39N3/c1-4-7-10-13-16-25-19-21-26(17-14-11-8-5-2)23-24-27(22-20-25)18-15-12-9-6-3/h10-24H2,1-3H3. The number of hydrogen-bond acceptors (Lipinski definition) is 3. The molecular weight excluding hydrogens is 330 g/mol. The zero-order valence-corrected chi connectivity index (χ0v) is 17.9. The predicted octanol–water partition coefficient (Wildman–Crippen LogP) is 3.32.